The van der Waals surface area contributed by atoms with Gasteiger partial charge in [0.2, 0.25) is 11.5 Å². The first-order chi connectivity index (χ1) is 13.6. The number of imidazole rings is 1. The molecule has 2 fully saturated rings. The Balaban J connectivity index is 1.67. The summed E-state index contributed by atoms with van der Waals surface area (Å²) in [5.41, 5.74) is 2.97. The smallest absolute Gasteiger partial charge is 0.253 e. The van der Waals surface area contributed by atoms with Crippen LogP contribution in [0.2, 0.25) is 0 Å². The van der Waals surface area contributed by atoms with Crippen LogP contribution in [0.1, 0.15) is 46.0 Å². The average molecular weight is 383 g/mol. The van der Waals surface area contributed by atoms with E-state index >= 15 is 0 Å². The minimum atomic E-state index is -0.185. The van der Waals surface area contributed by atoms with Crippen molar-refractivity contribution in [3.63, 3.8) is 0 Å². The molecule has 0 bridgehead atoms. The molecule has 6 heteroatoms. The van der Waals surface area contributed by atoms with Crippen molar-refractivity contribution in [3.8, 4) is 0 Å². The van der Waals surface area contributed by atoms with Gasteiger partial charge in [0.1, 0.15) is 0 Å². The first-order valence-corrected chi connectivity index (χ1v) is 10.7. The minimum Gasteiger partial charge on any atom is -0.342 e. The lowest BCUT2D eigenvalue weighted by molar-refractivity contribution is -0.136. The summed E-state index contributed by atoms with van der Waals surface area (Å²) < 4.78 is 4.28. The van der Waals surface area contributed by atoms with Crippen LogP contribution in [0.3, 0.4) is 0 Å². The van der Waals surface area contributed by atoms with Crippen molar-refractivity contribution in [2.75, 3.05) is 13.1 Å². The van der Waals surface area contributed by atoms with Gasteiger partial charge in [-0.1, -0.05) is 19.1 Å². The number of fused-ring (bicyclic) bond motifs is 1. The molecule has 1 unspecified atom stereocenters. The van der Waals surface area contributed by atoms with Crippen molar-refractivity contribution >= 4 is 22.8 Å². The topological polar surface area (TPSA) is 59.6 Å². The number of aromatic nitrogens is 2. The molecule has 2 amide bonds. The highest BCUT2D eigenvalue weighted by molar-refractivity contribution is 5.84. The Labute approximate surface area is 165 Å². The lowest BCUT2D eigenvalue weighted by atomic mass is 9.97. The number of benzene rings is 1. The predicted molar refractivity (Wildman–Crippen MR) is 108 cm³/mol. The van der Waals surface area contributed by atoms with Gasteiger partial charge in [0.25, 0.3) is 5.91 Å². The lowest BCUT2D eigenvalue weighted by Gasteiger charge is -2.31. The van der Waals surface area contributed by atoms with Gasteiger partial charge in [-0.3, -0.25) is 9.59 Å². The summed E-state index contributed by atoms with van der Waals surface area (Å²) in [5, 5.41) is 0. The number of para-hydroxylation sites is 2. The van der Waals surface area contributed by atoms with Crippen LogP contribution in [0, 0.1) is 11.8 Å². The van der Waals surface area contributed by atoms with E-state index in [9.17, 15) is 9.59 Å². The molecular formula is C22H30N4O2. The standard InChI is InChI=1S/C22H30N4O2/c1-3-13-26-19-10-6-5-9-18(19)25(4-2)22(26)23-20(27)17-8-7-14-24(15-17)21(28)16-11-12-16/h5-6,9-10,16-17H,3-4,7-8,11-15H2,1-2H3. The van der Waals surface area contributed by atoms with Crippen LogP contribution in [-0.4, -0.2) is 38.9 Å². The SMILES string of the molecule is CCCn1c(=NC(=O)C2CCCN(C(=O)C3CC3)C2)n(CC)c2ccccc21. The Hall–Kier alpha value is -2.37. The van der Waals surface area contributed by atoms with Crippen LogP contribution in [0.25, 0.3) is 11.0 Å². The van der Waals surface area contributed by atoms with Crippen molar-refractivity contribution in [3.05, 3.63) is 29.9 Å². The number of aryl methyl sites for hydroxylation is 2. The summed E-state index contributed by atoms with van der Waals surface area (Å²) in [5.74, 6) is 0.173. The summed E-state index contributed by atoms with van der Waals surface area (Å²) in [4.78, 5) is 32.0. The molecule has 6 nitrogen and oxygen atoms in total. The second kappa shape index (κ2) is 7.94. The molecule has 0 radical (unpaired) electrons. The van der Waals surface area contributed by atoms with Gasteiger partial charge in [-0.2, -0.15) is 4.99 Å². The summed E-state index contributed by atoms with van der Waals surface area (Å²) in [7, 11) is 0. The number of hydrogen-bond acceptors (Lipinski definition) is 2. The maximum absolute atomic E-state index is 13.1. The van der Waals surface area contributed by atoms with E-state index in [2.05, 4.69) is 40.1 Å². The molecule has 150 valence electrons. The predicted octanol–water partition coefficient (Wildman–Crippen LogP) is 2.95. The number of amides is 2. The van der Waals surface area contributed by atoms with Crippen LogP contribution in [0.5, 0.6) is 0 Å². The van der Waals surface area contributed by atoms with E-state index in [1.807, 2.05) is 17.0 Å². The molecule has 1 aromatic heterocycles. The van der Waals surface area contributed by atoms with Crippen molar-refractivity contribution < 1.29 is 9.59 Å². The fourth-order valence-corrected chi connectivity index (χ4v) is 4.32. The third-order valence-electron chi connectivity index (χ3n) is 5.93. The fourth-order valence-electron chi connectivity index (χ4n) is 4.32. The van der Waals surface area contributed by atoms with Crippen LogP contribution >= 0.6 is 0 Å². The number of hydrogen-bond donors (Lipinski definition) is 0. The Kier molecular flexibility index (Phi) is 5.38. The molecule has 1 aromatic carbocycles. The fraction of sp³-hybridized carbons (Fsp3) is 0.591. The van der Waals surface area contributed by atoms with Gasteiger partial charge in [0.15, 0.2) is 0 Å². The molecule has 1 aliphatic carbocycles. The van der Waals surface area contributed by atoms with Gasteiger partial charge in [0, 0.05) is 32.1 Å². The third kappa shape index (κ3) is 3.52. The molecule has 0 spiro atoms. The van der Waals surface area contributed by atoms with Crippen LogP contribution in [0.4, 0.5) is 0 Å². The Morgan fingerprint density at radius 3 is 2.39 bits per heavy atom. The monoisotopic (exact) mass is 382 g/mol. The molecule has 28 heavy (non-hydrogen) atoms. The van der Waals surface area contributed by atoms with Gasteiger partial charge in [-0.05, 0) is 51.2 Å². The van der Waals surface area contributed by atoms with Gasteiger partial charge in [-0.15, -0.1) is 0 Å². The van der Waals surface area contributed by atoms with Crippen molar-refractivity contribution in [2.45, 2.75) is 59.0 Å². The zero-order valence-corrected chi connectivity index (χ0v) is 16.9. The Bertz CT molecular complexity index is 951. The highest BCUT2D eigenvalue weighted by Crippen LogP contribution is 2.32. The number of carbonyl (C=O) groups excluding carboxylic acids is 2. The Morgan fingerprint density at radius 1 is 1.04 bits per heavy atom. The molecule has 1 saturated carbocycles. The minimum absolute atomic E-state index is 0.0874. The quantitative estimate of drug-likeness (QED) is 0.798. The highest BCUT2D eigenvalue weighted by Gasteiger charge is 2.36. The molecule has 1 saturated heterocycles. The van der Waals surface area contributed by atoms with Gasteiger partial charge < -0.3 is 14.0 Å². The van der Waals surface area contributed by atoms with E-state index in [0.29, 0.717) is 6.54 Å². The summed E-state index contributed by atoms with van der Waals surface area (Å²) in [6, 6.07) is 8.24. The molecule has 2 aromatic rings. The number of piperidine rings is 1. The maximum Gasteiger partial charge on any atom is 0.253 e. The number of likely N-dealkylation sites (tertiary alicyclic amines) is 1. The Morgan fingerprint density at radius 2 is 1.75 bits per heavy atom. The first kappa shape index (κ1) is 19.0. The molecule has 1 atom stereocenters. The van der Waals surface area contributed by atoms with E-state index in [4.69, 9.17) is 0 Å². The average Bonchev–Trinajstić information content (AvgIpc) is 3.53. The third-order valence-corrected chi connectivity index (χ3v) is 5.93. The first-order valence-electron chi connectivity index (χ1n) is 10.7. The second-order valence-electron chi connectivity index (χ2n) is 8.03. The van der Waals surface area contributed by atoms with Crippen molar-refractivity contribution in [1.82, 2.24) is 14.0 Å². The molecule has 4 rings (SSSR count). The summed E-state index contributed by atoms with van der Waals surface area (Å²) >= 11 is 0. The lowest BCUT2D eigenvalue weighted by Crippen LogP contribution is -2.43. The van der Waals surface area contributed by atoms with E-state index in [1.54, 1.807) is 0 Å². The van der Waals surface area contributed by atoms with Crippen LogP contribution < -0.4 is 5.62 Å². The van der Waals surface area contributed by atoms with E-state index < -0.39 is 0 Å². The second-order valence-corrected chi connectivity index (χ2v) is 8.03. The number of nitrogens with zero attached hydrogens (tertiary/aromatic N) is 4. The summed E-state index contributed by atoms with van der Waals surface area (Å²) in [6.45, 7) is 7.13. The number of rotatable bonds is 5. The normalized spacial score (nSPS) is 20.7. The van der Waals surface area contributed by atoms with E-state index in [1.165, 1.54) is 0 Å². The molecule has 1 aliphatic heterocycles. The maximum atomic E-state index is 13.1. The zero-order chi connectivity index (χ0) is 19.7. The van der Waals surface area contributed by atoms with Crippen LogP contribution in [-0.2, 0) is 22.7 Å². The highest BCUT2D eigenvalue weighted by atomic mass is 16.2. The van der Waals surface area contributed by atoms with Crippen molar-refractivity contribution in [2.24, 2.45) is 16.8 Å². The van der Waals surface area contributed by atoms with Gasteiger partial charge in [0.05, 0.1) is 17.0 Å². The zero-order valence-electron chi connectivity index (χ0n) is 16.9. The molecule has 2 heterocycles. The van der Waals surface area contributed by atoms with Crippen molar-refractivity contribution in [1.29, 1.82) is 0 Å². The van der Waals surface area contributed by atoms with Gasteiger partial charge in [-0.25, -0.2) is 0 Å². The van der Waals surface area contributed by atoms with Gasteiger partial charge >= 0.3 is 0 Å². The molecular weight excluding hydrogens is 352 g/mol. The van der Waals surface area contributed by atoms with E-state index in [-0.39, 0.29) is 23.7 Å². The molecule has 0 N–H and O–H groups in total. The number of carbonyl (C=O) groups is 2. The van der Waals surface area contributed by atoms with E-state index in [0.717, 1.165) is 68.4 Å². The largest absolute Gasteiger partial charge is 0.342 e. The molecule has 2 aliphatic rings. The van der Waals surface area contributed by atoms with Crippen LogP contribution in [0.15, 0.2) is 29.3 Å². The summed E-state index contributed by atoms with van der Waals surface area (Å²) in [6.07, 6.45) is 4.69.